The van der Waals surface area contributed by atoms with E-state index >= 15 is 0 Å². The number of carbonyl (C=O) groups is 2. The molecule has 0 aromatic heterocycles. The van der Waals surface area contributed by atoms with Crippen LogP contribution >= 0.6 is 0 Å². The smallest absolute Gasteiger partial charge is 0.410 e. The second kappa shape index (κ2) is 9.25. The first-order chi connectivity index (χ1) is 11.3. The normalized spacial score (nSPS) is 22.6. The van der Waals surface area contributed by atoms with Crippen LogP contribution in [-0.4, -0.2) is 66.2 Å². The summed E-state index contributed by atoms with van der Waals surface area (Å²) in [6, 6.07) is 0.395. The highest BCUT2D eigenvalue weighted by Gasteiger charge is 2.37. The number of amides is 2. The second-order valence-electron chi connectivity index (χ2n) is 7.21. The van der Waals surface area contributed by atoms with Gasteiger partial charge in [-0.2, -0.15) is 0 Å². The molecule has 2 aliphatic rings. The molecule has 2 heterocycles. The van der Waals surface area contributed by atoms with Gasteiger partial charge in [0, 0.05) is 26.2 Å². The zero-order valence-electron chi connectivity index (χ0n) is 16.2. The molecule has 2 aliphatic heterocycles. The molecule has 0 saturated carbocycles. The Hall–Kier alpha value is -1.30. The predicted octanol–water partition coefficient (Wildman–Crippen LogP) is 2.62. The molecule has 0 aromatic rings. The highest BCUT2D eigenvalue weighted by molar-refractivity contribution is 5.81. The Morgan fingerprint density at radius 3 is 2.12 bits per heavy atom. The molecule has 6 nitrogen and oxygen atoms in total. The number of carbonyl (C=O) groups excluding carboxylic acids is 2. The van der Waals surface area contributed by atoms with Crippen LogP contribution < -0.4 is 5.32 Å². The van der Waals surface area contributed by atoms with Crippen molar-refractivity contribution in [3.05, 3.63) is 0 Å². The summed E-state index contributed by atoms with van der Waals surface area (Å²) in [7, 11) is 1.70. The maximum Gasteiger partial charge on any atom is 0.410 e. The average Bonchev–Trinajstić information content (AvgIpc) is 3.04. The highest BCUT2D eigenvalue weighted by Crippen LogP contribution is 2.26. The molecule has 140 valence electrons. The molecule has 2 fully saturated rings. The van der Waals surface area contributed by atoms with Gasteiger partial charge in [0.1, 0.15) is 5.60 Å². The van der Waals surface area contributed by atoms with Crippen molar-refractivity contribution in [3.63, 3.8) is 0 Å². The van der Waals surface area contributed by atoms with Crippen LogP contribution in [0.25, 0.3) is 0 Å². The van der Waals surface area contributed by atoms with E-state index in [9.17, 15) is 9.59 Å². The lowest BCUT2D eigenvalue weighted by molar-refractivity contribution is -0.126. The number of nitrogens with zero attached hydrogens (tertiary/aromatic N) is 2. The Bertz CT molecular complexity index is 412. The molecule has 0 radical (unpaired) electrons. The fraction of sp³-hybridized carbons (Fsp3) is 0.889. The van der Waals surface area contributed by atoms with Crippen LogP contribution in [-0.2, 0) is 9.53 Å². The topological polar surface area (TPSA) is 61.9 Å². The molecule has 6 heteroatoms. The van der Waals surface area contributed by atoms with Crippen molar-refractivity contribution in [2.75, 3.05) is 26.7 Å². The molecule has 0 aromatic carbocycles. The zero-order chi connectivity index (χ0) is 18.3. The SMILES string of the molecule is CC.CNC(=O)C1CCCN1C1CCN(C(=O)OC(C)(C)C)CC1. The van der Waals surface area contributed by atoms with Gasteiger partial charge >= 0.3 is 6.09 Å². The lowest BCUT2D eigenvalue weighted by Gasteiger charge is -2.39. The van der Waals surface area contributed by atoms with Gasteiger partial charge in [-0.1, -0.05) is 13.8 Å². The highest BCUT2D eigenvalue weighted by atomic mass is 16.6. The summed E-state index contributed by atoms with van der Waals surface area (Å²) in [6.45, 7) is 12.0. The Morgan fingerprint density at radius 1 is 1.04 bits per heavy atom. The van der Waals surface area contributed by atoms with Crippen LogP contribution in [0, 0.1) is 0 Å². The van der Waals surface area contributed by atoms with Gasteiger partial charge in [-0.25, -0.2) is 4.79 Å². The van der Waals surface area contributed by atoms with E-state index in [1.165, 1.54) is 0 Å². The van der Waals surface area contributed by atoms with E-state index < -0.39 is 5.60 Å². The van der Waals surface area contributed by atoms with Crippen molar-refractivity contribution in [1.82, 2.24) is 15.1 Å². The van der Waals surface area contributed by atoms with Gasteiger partial charge in [-0.3, -0.25) is 9.69 Å². The van der Waals surface area contributed by atoms with Crippen molar-refractivity contribution in [1.29, 1.82) is 0 Å². The molecule has 2 amide bonds. The molecular weight excluding hydrogens is 306 g/mol. The van der Waals surface area contributed by atoms with Crippen molar-refractivity contribution >= 4 is 12.0 Å². The van der Waals surface area contributed by atoms with Gasteiger partial charge in [0.2, 0.25) is 5.91 Å². The maximum atomic E-state index is 12.1. The lowest BCUT2D eigenvalue weighted by Crippen LogP contribution is -2.52. The summed E-state index contributed by atoms with van der Waals surface area (Å²) < 4.78 is 5.42. The number of ether oxygens (including phenoxy) is 1. The Morgan fingerprint density at radius 2 is 1.62 bits per heavy atom. The van der Waals surface area contributed by atoms with E-state index in [4.69, 9.17) is 4.74 Å². The monoisotopic (exact) mass is 341 g/mol. The van der Waals surface area contributed by atoms with Gasteiger partial charge in [0.15, 0.2) is 0 Å². The number of likely N-dealkylation sites (tertiary alicyclic amines) is 2. The maximum absolute atomic E-state index is 12.1. The molecule has 0 bridgehead atoms. The van der Waals surface area contributed by atoms with Gasteiger partial charge in [-0.15, -0.1) is 0 Å². The minimum Gasteiger partial charge on any atom is -0.444 e. The van der Waals surface area contributed by atoms with E-state index in [-0.39, 0.29) is 18.0 Å². The number of piperidine rings is 1. The third kappa shape index (κ3) is 5.65. The first-order valence-corrected chi connectivity index (χ1v) is 9.27. The minimum absolute atomic E-state index is 0.00285. The van der Waals surface area contributed by atoms with Gasteiger partial charge in [-0.05, 0) is 53.0 Å². The quantitative estimate of drug-likeness (QED) is 0.839. The third-order valence-electron chi connectivity index (χ3n) is 4.43. The van der Waals surface area contributed by atoms with Crippen LogP contribution in [0.15, 0.2) is 0 Å². The van der Waals surface area contributed by atoms with Crippen molar-refractivity contribution in [2.24, 2.45) is 0 Å². The van der Waals surface area contributed by atoms with Gasteiger partial charge < -0.3 is 15.0 Å². The summed E-state index contributed by atoms with van der Waals surface area (Å²) in [5.74, 6) is 0.118. The van der Waals surface area contributed by atoms with E-state index in [0.29, 0.717) is 19.1 Å². The van der Waals surface area contributed by atoms with E-state index in [1.807, 2.05) is 34.6 Å². The van der Waals surface area contributed by atoms with Crippen molar-refractivity contribution in [2.45, 2.75) is 78.0 Å². The molecular formula is C18H35N3O3. The number of hydrogen-bond donors (Lipinski definition) is 1. The summed E-state index contributed by atoms with van der Waals surface area (Å²) in [6.07, 6.45) is 3.60. The minimum atomic E-state index is -0.451. The largest absolute Gasteiger partial charge is 0.444 e. The molecule has 1 unspecified atom stereocenters. The zero-order valence-corrected chi connectivity index (χ0v) is 16.2. The molecule has 1 atom stereocenters. The van der Waals surface area contributed by atoms with Crippen LogP contribution in [0.1, 0.15) is 60.3 Å². The first kappa shape index (κ1) is 20.7. The molecule has 2 rings (SSSR count). The summed E-state index contributed by atoms with van der Waals surface area (Å²) in [4.78, 5) is 28.2. The Kier molecular flexibility index (Phi) is 8.00. The Balaban J connectivity index is 0.00000139. The van der Waals surface area contributed by atoms with Crippen LogP contribution in [0.4, 0.5) is 4.79 Å². The molecule has 24 heavy (non-hydrogen) atoms. The standard InChI is InChI=1S/C16H29N3O3.C2H6/c1-16(2,3)22-15(21)18-10-7-12(8-11-18)19-9-5-6-13(19)14(20)17-4;1-2/h12-13H,5-11H2,1-4H3,(H,17,20);1-2H3. The summed E-state index contributed by atoms with van der Waals surface area (Å²) in [5.41, 5.74) is -0.451. The first-order valence-electron chi connectivity index (χ1n) is 9.27. The van der Waals surface area contributed by atoms with Crippen molar-refractivity contribution < 1.29 is 14.3 Å². The van der Waals surface area contributed by atoms with Gasteiger partial charge in [0.05, 0.1) is 6.04 Å². The summed E-state index contributed by atoms with van der Waals surface area (Å²) >= 11 is 0. The van der Waals surface area contributed by atoms with E-state index in [2.05, 4.69) is 10.2 Å². The fourth-order valence-corrected chi connectivity index (χ4v) is 3.38. The molecule has 0 aliphatic carbocycles. The van der Waals surface area contributed by atoms with Crippen LogP contribution in [0.2, 0.25) is 0 Å². The molecule has 2 saturated heterocycles. The van der Waals surface area contributed by atoms with Crippen LogP contribution in [0.3, 0.4) is 0 Å². The van der Waals surface area contributed by atoms with E-state index in [1.54, 1.807) is 11.9 Å². The number of hydrogen-bond acceptors (Lipinski definition) is 4. The molecule has 1 N–H and O–H groups in total. The number of rotatable bonds is 2. The number of likely N-dealkylation sites (N-methyl/N-ethyl adjacent to an activating group) is 1. The predicted molar refractivity (Wildman–Crippen MR) is 96.0 cm³/mol. The third-order valence-corrected chi connectivity index (χ3v) is 4.43. The second-order valence-corrected chi connectivity index (χ2v) is 7.21. The lowest BCUT2D eigenvalue weighted by atomic mass is 10.0. The molecule has 0 spiro atoms. The Labute approximate surface area is 146 Å². The average molecular weight is 341 g/mol. The van der Waals surface area contributed by atoms with Crippen LogP contribution in [0.5, 0.6) is 0 Å². The van der Waals surface area contributed by atoms with Crippen molar-refractivity contribution in [3.8, 4) is 0 Å². The number of nitrogens with one attached hydrogen (secondary N) is 1. The van der Waals surface area contributed by atoms with E-state index in [0.717, 1.165) is 32.2 Å². The fourth-order valence-electron chi connectivity index (χ4n) is 3.38. The van der Waals surface area contributed by atoms with Gasteiger partial charge in [0.25, 0.3) is 0 Å². The summed E-state index contributed by atoms with van der Waals surface area (Å²) in [5, 5.41) is 2.76.